The molecule has 0 saturated carbocycles. The number of unbranched alkanes of at least 4 members (excludes halogenated alkanes) is 2. The molecule has 1 rings (SSSR count). The molecule has 0 bridgehead atoms. The fraction of sp³-hybridized carbons (Fsp3) is 0.429. The monoisotopic (exact) mass is 261 g/mol. The Balaban J connectivity index is 2.66. The van der Waals surface area contributed by atoms with E-state index in [-0.39, 0.29) is 6.42 Å². The minimum atomic E-state index is -0.823. The number of para-hydroxylation sites is 2. The van der Waals surface area contributed by atoms with Crippen molar-refractivity contribution in [3.05, 3.63) is 24.3 Å². The van der Waals surface area contributed by atoms with Crippen LogP contribution in [-0.4, -0.2) is 24.2 Å². The Morgan fingerprint density at radius 2 is 2.05 bits per heavy atom. The second kappa shape index (κ2) is 7.98. The minimum Gasteiger partial charge on any atom is -0.481 e. The highest BCUT2D eigenvalue weighted by molar-refractivity contribution is 5.70. The number of carbonyl (C=O) groups is 1. The lowest BCUT2D eigenvalue weighted by Crippen LogP contribution is -2.28. The van der Waals surface area contributed by atoms with Gasteiger partial charge in [0.25, 0.3) is 0 Å². The average Bonchev–Trinajstić information content (AvgIpc) is 2.39. The summed E-state index contributed by atoms with van der Waals surface area (Å²) in [6.45, 7) is 1.14. The van der Waals surface area contributed by atoms with Crippen molar-refractivity contribution in [2.45, 2.75) is 25.7 Å². The summed E-state index contributed by atoms with van der Waals surface area (Å²) >= 11 is 0. The van der Waals surface area contributed by atoms with Crippen molar-refractivity contribution in [1.29, 1.82) is 5.26 Å². The first kappa shape index (κ1) is 14.8. The van der Waals surface area contributed by atoms with Crippen LogP contribution in [0.25, 0.3) is 0 Å². The van der Waals surface area contributed by atoms with E-state index in [0.717, 1.165) is 18.5 Å². The van der Waals surface area contributed by atoms with Gasteiger partial charge in [-0.15, -0.1) is 0 Å². The zero-order chi connectivity index (χ0) is 14.1. The number of hydrogen-bond acceptors (Lipinski definition) is 4. The number of carboxylic acid groups (broad SMARTS) is 1. The molecule has 0 unspecified atom stereocenters. The molecule has 0 aliphatic carbocycles. The molecule has 1 aromatic carbocycles. The second-order valence-electron chi connectivity index (χ2n) is 4.30. The number of carboxylic acids is 1. The topological polar surface area (TPSA) is 90.3 Å². The maximum absolute atomic E-state index is 10.7. The van der Waals surface area contributed by atoms with Gasteiger partial charge in [0.2, 0.25) is 0 Å². The third-order valence-corrected chi connectivity index (χ3v) is 2.84. The van der Waals surface area contributed by atoms with Crippen molar-refractivity contribution >= 4 is 17.3 Å². The highest BCUT2D eigenvalue weighted by atomic mass is 16.4. The van der Waals surface area contributed by atoms with Gasteiger partial charge in [-0.1, -0.05) is 12.1 Å². The molecular weight excluding hydrogens is 242 g/mol. The van der Waals surface area contributed by atoms with Gasteiger partial charge in [-0.2, -0.15) is 5.26 Å². The summed E-state index contributed by atoms with van der Waals surface area (Å²) in [5, 5.41) is 17.3. The van der Waals surface area contributed by atoms with Crippen molar-refractivity contribution in [1.82, 2.24) is 0 Å². The molecule has 0 fully saturated rings. The summed E-state index contributed by atoms with van der Waals surface area (Å²) in [4.78, 5) is 12.7. The van der Waals surface area contributed by atoms with Crippen LogP contribution in [-0.2, 0) is 4.79 Å². The number of nitrogens with two attached hydrogens (primary N) is 1. The van der Waals surface area contributed by atoms with Crippen LogP contribution in [0.4, 0.5) is 11.4 Å². The van der Waals surface area contributed by atoms with Crippen molar-refractivity contribution in [2.24, 2.45) is 0 Å². The summed E-state index contributed by atoms with van der Waals surface area (Å²) in [5.41, 5.74) is 7.43. The SMILES string of the molecule is N#CCCCCN(CCC(=O)O)c1ccccc1N. The van der Waals surface area contributed by atoms with Crippen LogP contribution < -0.4 is 10.6 Å². The highest BCUT2D eigenvalue weighted by Gasteiger charge is 2.10. The average molecular weight is 261 g/mol. The first-order chi connectivity index (χ1) is 9.15. The molecule has 0 aliphatic heterocycles. The Labute approximate surface area is 113 Å². The first-order valence-electron chi connectivity index (χ1n) is 6.33. The van der Waals surface area contributed by atoms with Gasteiger partial charge in [-0.3, -0.25) is 4.79 Å². The van der Waals surface area contributed by atoms with Crippen molar-refractivity contribution in [2.75, 3.05) is 23.7 Å². The lowest BCUT2D eigenvalue weighted by molar-refractivity contribution is -0.136. The van der Waals surface area contributed by atoms with E-state index in [1.165, 1.54) is 0 Å². The van der Waals surface area contributed by atoms with Crippen LogP contribution in [0.3, 0.4) is 0 Å². The molecule has 0 saturated heterocycles. The highest BCUT2D eigenvalue weighted by Crippen LogP contribution is 2.23. The number of nitrogen functional groups attached to an aromatic ring is 1. The Hall–Kier alpha value is -2.22. The van der Waals surface area contributed by atoms with Gasteiger partial charge in [0.05, 0.1) is 23.9 Å². The Bertz CT molecular complexity index is 454. The molecular formula is C14H19N3O2. The number of nitriles is 1. The van der Waals surface area contributed by atoms with Gasteiger partial charge in [0, 0.05) is 19.5 Å². The van der Waals surface area contributed by atoms with Crippen molar-refractivity contribution in [3.63, 3.8) is 0 Å². The predicted octanol–water partition coefficient (Wildman–Crippen LogP) is 2.24. The summed E-state index contributed by atoms with van der Waals surface area (Å²) in [6, 6.07) is 9.53. The molecule has 1 aromatic rings. The number of anilines is 2. The third-order valence-electron chi connectivity index (χ3n) is 2.84. The molecule has 0 amide bonds. The molecule has 0 heterocycles. The van der Waals surface area contributed by atoms with Gasteiger partial charge in [0.15, 0.2) is 0 Å². The largest absolute Gasteiger partial charge is 0.481 e. The third kappa shape index (κ3) is 5.30. The maximum atomic E-state index is 10.7. The van der Waals surface area contributed by atoms with Crippen LogP contribution in [0.5, 0.6) is 0 Å². The molecule has 0 spiro atoms. The molecule has 0 aliphatic rings. The van der Waals surface area contributed by atoms with Gasteiger partial charge in [-0.25, -0.2) is 0 Å². The van der Waals surface area contributed by atoms with Crippen LogP contribution in [0.15, 0.2) is 24.3 Å². The first-order valence-corrected chi connectivity index (χ1v) is 6.33. The normalized spacial score (nSPS) is 9.84. The molecule has 3 N–H and O–H groups in total. The summed E-state index contributed by atoms with van der Waals surface area (Å²) < 4.78 is 0. The number of nitrogens with zero attached hydrogens (tertiary/aromatic N) is 2. The molecule has 0 aromatic heterocycles. The van der Waals surface area contributed by atoms with Crippen molar-refractivity contribution in [3.8, 4) is 6.07 Å². The number of benzene rings is 1. The molecule has 19 heavy (non-hydrogen) atoms. The molecule has 5 nitrogen and oxygen atoms in total. The summed E-state index contributed by atoms with van der Waals surface area (Å²) in [6.07, 6.45) is 2.26. The predicted molar refractivity (Wildman–Crippen MR) is 74.8 cm³/mol. The Morgan fingerprint density at radius 3 is 2.68 bits per heavy atom. The molecule has 0 atom stereocenters. The lowest BCUT2D eigenvalue weighted by atomic mass is 10.2. The van der Waals surface area contributed by atoms with Gasteiger partial charge < -0.3 is 15.7 Å². The molecule has 5 heteroatoms. The number of rotatable bonds is 8. The van der Waals surface area contributed by atoms with E-state index in [0.29, 0.717) is 25.2 Å². The second-order valence-corrected chi connectivity index (χ2v) is 4.30. The van der Waals surface area contributed by atoms with Crippen LogP contribution in [0.2, 0.25) is 0 Å². The van der Waals surface area contributed by atoms with Gasteiger partial charge >= 0.3 is 5.97 Å². The van der Waals surface area contributed by atoms with E-state index in [2.05, 4.69) is 6.07 Å². The van der Waals surface area contributed by atoms with E-state index >= 15 is 0 Å². The van der Waals surface area contributed by atoms with E-state index < -0.39 is 5.97 Å². The maximum Gasteiger partial charge on any atom is 0.305 e. The van der Waals surface area contributed by atoms with Crippen LogP contribution >= 0.6 is 0 Å². The van der Waals surface area contributed by atoms with Crippen LogP contribution in [0, 0.1) is 11.3 Å². The summed E-state index contributed by atoms with van der Waals surface area (Å²) in [7, 11) is 0. The number of hydrogen-bond donors (Lipinski definition) is 2. The fourth-order valence-electron chi connectivity index (χ4n) is 1.87. The van der Waals surface area contributed by atoms with Crippen LogP contribution in [0.1, 0.15) is 25.7 Å². The standard InChI is InChI=1S/C14H19N3O2/c15-9-4-1-5-10-17(11-8-14(18)19)13-7-3-2-6-12(13)16/h2-3,6-7H,1,4-5,8,10-11,16H2,(H,18,19). The van der Waals surface area contributed by atoms with Gasteiger partial charge in [0.1, 0.15) is 0 Å². The molecule has 102 valence electrons. The quantitative estimate of drug-likeness (QED) is 0.553. The van der Waals surface area contributed by atoms with Crippen molar-refractivity contribution < 1.29 is 9.90 Å². The molecule has 0 radical (unpaired) electrons. The minimum absolute atomic E-state index is 0.0760. The smallest absolute Gasteiger partial charge is 0.305 e. The van der Waals surface area contributed by atoms with E-state index in [1.54, 1.807) is 6.07 Å². The zero-order valence-corrected chi connectivity index (χ0v) is 10.9. The summed E-state index contributed by atoms with van der Waals surface area (Å²) in [5.74, 6) is -0.823. The van der Waals surface area contributed by atoms with E-state index in [1.807, 2.05) is 23.1 Å². The van der Waals surface area contributed by atoms with E-state index in [9.17, 15) is 4.79 Å². The number of aliphatic carboxylic acids is 1. The van der Waals surface area contributed by atoms with E-state index in [4.69, 9.17) is 16.1 Å². The lowest BCUT2D eigenvalue weighted by Gasteiger charge is -2.25. The fourth-order valence-corrected chi connectivity index (χ4v) is 1.87. The zero-order valence-electron chi connectivity index (χ0n) is 10.9. The Morgan fingerprint density at radius 1 is 1.32 bits per heavy atom. The Kier molecular flexibility index (Phi) is 6.23. The van der Waals surface area contributed by atoms with Gasteiger partial charge in [-0.05, 0) is 25.0 Å².